The van der Waals surface area contributed by atoms with Crippen LogP contribution in [0.1, 0.15) is 48.0 Å². The first kappa shape index (κ1) is 29.4. The Morgan fingerprint density at radius 3 is 2.40 bits per heavy atom. The van der Waals surface area contributed by atoms with Gasteiger partial charge in [0.25, 0.3) is 0 Å². The minimum absolute atomic E-state index is 0.0928. The lowest BCUT2D eigenvalue weighted by atomic mass is 9.39. The van der Waals surface area contributed by atoms with Crippen LogP contribution in [0.15, 0.2) is 35.5 Å². The van der Waals surface area contributed by atoms with Crippen LogP contribution in [0.25, 0.3) is 0 Å². The maximum absolute atomic E-state index is 13.9. The molecule has 0 aromatic rings. The van der Waals surface area contributed by atoms with Crippen molar-refractivity contribution >= 4 is 24.0 Å². The number of hydrogen-bond acceptors (Lipinski definition) is 11. The maximum Gasteiger partial charge on any atom is 0.333 e. The lowest BCUT2D eigenvalue weighted by Crippen LogP contribution is -2.74. The minimum Gasteiger partial charge on any atom is -0.456 e. The highest BCUT2D eigenvalue weighted by Crippen LogP contribution is 2.76. The van der Waals surface area contributed by atoms with Crippen molar-refractivity contribution in [2.45, 2.75) is 84.5 Å². The van der Waals surface area contributed by atoms with Gasteiger partial charge in [-0.25, -0.2) is 9.59 Å². The van der Waals surface area contributed by atoms with Crippen LogP contribution in [-0.4, -0.2) is 82.4 Å². The van der Waals surface area contributed by atoms with Crippen LogP contribution in [0.4, 0.5) is 0 Å². The molecule has 0 bridgehead atoms. The Kier molecular flexibility index (Phi) is 6.24. The SMILES string of the molecule is C/C=C(\C)C(=O)O[C@@H]1[C@@H]2OC[C@]3(C)C=CC(=O)[C@@](C)([C@@H]23)[C@@H]2[C@H](O)O[C@@]3([C@@H](O)C[C@@H](C4=CC(=O)OC4O)[C@]3(C)C=O)[C@]12C. The molecule has 2 saturated heterocycles. The fraction of sp³-hybridized carbons (Fsp3) is 0.677. The van der Waals surface area contributed by atoms with Crippen molar-refractivity contribution < 1.29 is 53.4 Å². The summed E-state index contributed by atoms with van der Waals surface area (Å²) in [4.78, 5) is 52.7. The summed E-state index contributed by atoms with van der Waals surface area (Å²) >= 11 is 0. The average Bonchev–Trinajstić information content (AvgIpc) is 3.61. The molecule has 3 aliphatic carbocycles. The van der Waals surface area contributed by atoms with Crippen LogP contribution in [0.3, 0.4) is 0 Å². The van der Waals surface area contributed by atoms with E-state index in [0.717, 1.165) is 6.08 Å². The van der Waals surface area contributed by atoms with E-state index in [1.54, 1.807) is 39.8 Å². The van der Waals surface area contributed by atoms with Crippen molar-refractivity contribution in [3.8, 4) is 0 Å². The fourth-order valence-electron chi connectivity index (χ4n) is 10.0. The normalized spacial score (nSPS) is 52.7. The van der Waals surface area contributed by atoms with Crippen LogP contribution in [-0.2, 0) is 38.1 Å². The predicted octanol–water partition coefficient (Wildman–Crippen LogP) is 1.14. The van der Waals surface area contributed by atoms with Gasteiger partial charge in [0.15, 0.2) is 12.1 Å². The van der Waals surface area contributed by atoms with Gasteiger partial charge in [-0.15, -0.1) is 0 Å². The van der Waals surface area contributed by atoms with Gasteiger partial charge in [0.2, 0.25) is 6.29 Å². The van der Waals surface area contributed by atoms with Crippen LogP contribution in [0, 0.1) is 39.4 Å². The summed E-state index contributed by atoms with van der Waals surface area (Å²) in [5, 5.41) is 34.4. The number of aliphatic hydroxyl groups excluding tert-OH is 3. The highest BCUT2D eigenvalue weighted by Gasteiger charge is 2.87. The van der Waals surface area contributed by atoms with Gasteiger partial charge < -0.3 is 39.1 Å². The van der Waals surface area contributed by atoms with Gasteiger partial charge in [0, 0.05) is 51.2 Å². The molecule has 3 aliphatic heterocycles. The summed E-state index contributed by atoms with van der Waals surface area (Å²) < 4.78 is 24.0. The Morgan fingerprint density at radius 2 is 1.81 bits per heavy atom. The Hall–Kier alpha value is -2.70. The van der Waals surface area contributed by atoms with Crippen molar-refractivity contribution in [1.29, 1.82) is 0 Å². The number of carbonyl (C=O) groups excluding carboxylic acids is 4. The van der Waals surface area contributed by atoms with E-state index < -0.39 is 87.8 Å². The number of cyclic esters (lactones) is 1. The zero-order chi connectivity index (χ0) is 30.8. The van der Waals surface area contributed by atoms with Crippen LogP contribution in [0.2, 0.25) is 0 Å². The van der Waals surface area contributed by atoms with E-state index in [1.807, 2.05) is 6.92 Å². The van der Waals surface area contributed by atoms with Gasteiger partial charge in [-0.1, -0.05) is 32.9 Å². The molecule has 0 radical (unpaired) electrons. The number of hydrogen-bond donors (Lipinski definition) is 3. The zero-order valence-corrected chi connectivity index (χ0v) is 24.5. The lowest BCUT2D eigenvalue weighted by Gasteiger charge is -2.63. The van der Waals surface area contributed by atoms with Gasteiger partial charge in [0.1, 0.15) is 18.0 Å². The standard InChI is InChI=1S/C31H38O11/c1-7-14(2)24(36)41-23-20-21-27(3,13-39-20)9-8-17(33)29(21,5)22-26(38)42-31(30(22,23)6)18(34)11-16(28(31,4)12-32)15-10-19(35)40-25(15)37/h7-10,12,16,18,20-23,25-26,34,37-38H,11,13H2,1-6H3/b14-7+/t16-,18-,20+,21-,22-,23+,25?,26+,27-,28-,29-,30-,31+/m0/s1. The number of fused-ring (bicyclic) bond motifs is 3. The van der Waals surface area contributed by atoms with Gasteiger partial charge in [-0.05, 0) is 33.3 Å². The summed E-state index contributed by atoms with van der Waals surface area (Å²) in [5.41, 5.74) is -6.76. The van der Waals surface area contributed by atoms with Crippen molar-refractivity contribution in [1.82, 2.24) is 0 Å². The molecule has 11 heteroatoms. The Bertz CT molecular complexity index is 1370. The van der Waals surface area contributed by atoms with Crippen LogP contribution < -0.4 is 0 Å². The monoisotopic (exact) mass is 586 g/mol. The minimum atomic E-state index is -1.95. The molecule has 3 N–H and O–H groups in total. The van der Waals surface area contributed by atoms with Gasteiger partial charge in [-0.3, -0.25) is 4.79 Å². The lowest BCUT2D eigenvalue weighted by molar-refractivity contribution is -0.256. The molecule has 42 heavy (non-hydrogen) atoms. The highest BCUT2D eigenvalue weighted by molar-refractivity contribution is 5.97. The predicted molar refractivity (Wildman–Crippen MR) is 143 cm³/mol. The molecule has 3 heterocycles. The maximum atomic E-state index is 13.9. The van der Waals surface area contributed by atoms with E-state index in [4.69, 9.17) is 18.9 Å². The third kappa shape index (κ3) is 3.13. The molecule has 6 rings (SSSR count). The third-order valence-electron chi connectivity index (χ3n) is 11.9. The molecule has 11 nitrogen and oxygen atoms in total. The number of allylic oxidation sites excluding steroid dienone is 2. The largest absolute Gasteiger partial charge is 0.456 e. The second-order valence-corrected chi connectivity index (χ2v) is 13.7. The summed E-state index contributed by atoms with van der Waals surface area (Å²) in [7, 11) is 0. The van der Waals surface area contributed by atoms with Gasteiger partial charge in [-0.2, -0.15) is 0 Å². The van der Waals surface area contributed by atoms with E-state index >= 15 is 0 Å². The topological polar surface area (TPSA) is 166 Å². The summed E-state index contributed by atoms with van der Waals surface area (Å²) in [6.07, 6.45) is -0.332. The summed E-state index contributed by atoms with van der Waals surface area (Å²) in [6, 6.07) is 0. The second-order valence-electron chi connectivity index (χ2n) is 13.7. The number of ether oxygens (including phenoxy) is 4. The molecule has 0 aromatic heterocycles. The third-order valence-corrected chi connectivity index (χ3v) is 11.9. The van der Waals surface area contributed by atoms with Crippen LogP contribution >= 0.6 is 0 Å². The summed E-state index contributed by atoms with van der Waals surface area (Å²) in [5.74, 6) is -4.25. The number of aldehydes is 1. The molecule has 0 aromatic carbocycles. The van der Waals surface area contributed by atoms with Gasteiger partial charge >= 0.3 is 11.9 Å². The molecule has 4 fully saturated rings. The van der Waals surface area contributed by atoms with E-state index in [2.05, 4.69) is 0 Å². The first-order valence-corrected chi connectivity index (χ1v) is 14.4. The molecular weight excluding hydrogens is 548 g/mol. The second kappa shape index (κ2) is 8.92. The number of carbonyl (C=O) groups is 4. The number of aliphatic hydroxyl groups is 3. The fourth-order valence-corrected chi connectivity index (χ4v) is 10.0. The van der Waals surface area contributed by atoms with E-state index in [0.29, 0.717) is 11.9 Å². The molecule has 228 valence electrons. The Morgan fingerprint density at radius 1 is 1.12 bits per heavy atom. The van der Waals surface area contributed by atoms with E-state index in [-0.39, 0.29) is 24.4 Å². The Balaban J connectivity index is 1.62. The molecular formula is C31H38O11. The first-order valence-electron chi connectivity index (χ1n) is 14.4. The van der Waals surface area contributed by atoms with Crippen molar-refractivity contribution in [3.63, 3.8) is 0 Å². The molecule has 1 unspecified atom stereocenters. The van der Waals surface area contributed by atoms with Crippen molar-refractivity contribution in [2.75, 3.05) is 6.61 Å². The molecule has 0 amide bonds. The van der Waals surface area contributed by atoms with Gasteiger partial charge in [0.05, 0.1) is 24.2 Å². The zero-order valence-electron chi connectivity index (χ0n) is 24.5. The average molecular weight is 587 g/mol. The molecule has 6 aliphatic rings. The molecule has 2 saturated carbocycles. The van der Waals surface area contributed by atoms with Crippen molar-refractivity contribution in [3.05, 3.63) is 35.5 Å². The molecule has 13 atom stereocenters. The van der Waals surface area contributed by atoms with E-state index in [9.17, 15) is 34.5 Å². The first-order chi connectivity index (χ1) is 19.6. The van der Waals surface area contributed by atoms with E-state index in [1.165, 1.54) is 13.0 Å². The summed E-state index contributed by atoms with van der Waals surface area (Å²) in [6.45, 7) is 10.4. The Labute approximate surface area is 243 Å². The number of ketones is 1. The molecule has 1 spiro atoms. The van der Waals surface area contributed by atoms with Crippen LogP contribution in [0.5, 0.6) is 0 Å². The number of rotatable bonds is 4. The quantitative estimate of drug-likeness (QED) is 0.246. The highest BCUT2D eigenvalue weighted by atomic mass is 16.6. The smallest absolute Gasteiger partial charge is 0.333 e. The van der Waals surface area contributed by atoms with Crippen molar-refractivity contribution in [2.24, 2.45) is 39.4 Å². The number of esters is 2.